The number of amides is 1. The third-order valence-corrected chi connectivity index (χ3v) is 5.97. The third kappa shape index (κ3) is 4.00. The van der Waals surface area contributed by atoms with E-state index in [1.54, 1.807) is 6.07 Å². The molecule has 1 fully saturated rings. The quantitative estimate of drug-likeness (QED) is 0.701. The van der Waals surface area contributed by atoms with E-state index in [9.17, 15) is 9.59 Å². The number of carbonyl (C=O) groups excluding carboxylic acids is 1. The summed E-state index contributed by atoms with van der Waals surface area (Å²) in [5.41, 5.74) is 1.56. The van der Waals surface area contributed by atoms with Crippen molar-refractivity contribution in [3.05, 3.63) is 64.2 Å². The minimum absolute atomic E-state index is 0.0354. The second-order valence-corrected chi connectivity index (χ2v) is 8.03. The predicted molar refractivity (Wildman–Crippen MR) is 116 cm³/mol. The zero-order chi connectivity index (χ0) is 21.2. The molecule has 2 aliphatic rings. The van der Waals surface area contributed by atoms with Crippen molar-refractivity contribution in [3.63, 3.8) is 0 Å². The maximum absolute atomic E-state index is 13.0. The molecule has 7 heteroatoms. The van der Waals surface area contributed by atoms with Gasteiger partial charge in [0.25, 0.3) is 5.56 Å². The van der Waals surface area contributed by atoms with Crippen LogP contribution >= 0.6 is 0 Å². The molecule has 1 atom stereocenters. The number of aromatic amines is 1. The van der Waals surface area contributed by atoms with E-state index in [4.69, 9.17) is 9.47 Å². The van der Waals surface area contributed by atoms with E-state index in [1.807, 2.05) is 41.3 Å². The Bertz CT molecular complexity index is 1170. The van der Waals surface area contributed by atoms with Crippen molar-refractivity contribution in [2.45, 2.75) is 38.1 Å². The highest BCUT2D eigenvalue weighted by Gasteiger charge is 2.30. The number of nitrogens with zero attached hydrogens (tertiary/aromatic N) is 2. The number of para-hydroxylation sites is 1. The number of aryl methyl sites for hydroxylation is 1. The summed E-state index contributed by atoms with van der Waals surface area (Å²) < 4.78 is 11.6. The Morgan fingerprint density at radius 1 is 1.10 bits per heavy atom. The van der Waals surface area contributed by atoms with E-state index in [0.717, 1.165) is 42.9 Å². The van der Waals surface area contributed by atoms with Crippen molar-refractivity contribution in [3.8, 4) is 11.5 Å². The number of carbonyl (C=O) groups is 1. The van der Waals surface area contributed by atoms with Crippen LogP contribution in [0, 0.1) is 0 Å². The zero-order valence-electron chi connectivity index (χ0n) is 17.3. The minimum atomic E-state index is -0.167. The molecule has 3 heterocycles. The first-order valence-electron chi connectivity index (χ1n) is 10.9. The van der Waals surface area contributed by atoms with E-state index in [1.165, 1.54) is 0 Å². The minimum Gasteiger partial charge on any atom is -0.490 e. The number of aromatic nitrogens is 2. The maximum atomic E-state index is 13.0. The van der Waals surface area contributed by atoms with Crippen molar-refractivity contribution in [1.82, 2.24) is 14.9 Å². The van der Waals surface area contributed by atoms with Crippen LogP contribution < -0.4 is 15.0 Å². The molecule has 31 heavy (non-hydrogen) atoms. The number of benzene rings is 2. The van der Waals surface area contributed by atoms with E-state index in [2.05, 4.69) is 9.97 Å². The van der Waals surface area contributed by atoms with Gasteiger partial charge in [-0.1, -0.05) is 18.2 Å². The molecule has 3 aromatic rings. The van der Waals surface area contributed by atoms with Crippen molar-refractivity contribution in [2.75, 3.05) is 19.8 Å². The number of fused-ring (bicyclic) bond motifs is 2. The zero-order valence-corrected chi connectivity index (χ0v) is 17.3. The molecule has 0 bridgehead atoms. The summed E-state index contributed by atoms with van der Waals surface area (Å²) in [5, 5.41) is 0.562. The van der Waals surface area contributed by atoms with Gasteiger partial charge in [-0.3, -0.25) is 9.59 Å². The fourth-order valence-electron chi connectivity index (χ4n) is 4.42. The van der Waals surface area contributed by atoms with Gasteiger partial charge in [0.2, 0.25) is 5.91 Å². The SMILES string of the molecule is O=C(CCc1nc2ccccc2c(=O)[nH]1)N1CCCC1c1ccc2c(c1)OCCCO2. The van der Waals surface area contributed by atoms with Gasteiger partial charge in [-0.05, 0) is 42.7 Å². The summed E-state index contributed by atoms with van der Waals surface area (Å²) >= 11 is 0. The Balaban J connectivity index is 1.30. The van der Waals surface area contributed by atoms with Crippen molar-refractivity contribution < 1.29 is 14.3 Å². The molecular formula is C24H25N3O4. The molecule has 7 nitrogen and oxygen atoms in total. The highest BCUT2D eigenvalue weighted by atomic mass is 16.5. The summed E-state index contributed by atoms with van der Waals surface area (Å²) in [5.74, 6) is 2.14. The molecular weight excluding hydrogens is 394 g/mol. The standard InChI is InChI=1S/C24H25N3O4/c28-23(11-10-22-25-18-6-2-1-5-17(18)24(29)26-22)27-12-3-7-19(27)16-8-9-20-21(15-16)31-14-4-13-30-20/h1-2,5-6,8-9,15,19H,3-4,7,10-14H2,(H,25,26,29). The Morgan fingerprint density at radius 2 is 1.94 bits per heavy atom. The molecule has 1 aromatic heterocycles. The fourth-order valence-corrected chi connectivity index (χ4v) is 4.42. The number of ether oxygens (including phenoxy) is 2. The largest absolute Gasteiger partial charge is 0.490 e. The van der Waals surface area contributed by atoms with Crippen LogP contribution in [-0.4, -0.2) is 40.5 Å². The molecule has 1 N–H and O–H groups in total. The first-order valence-corrected chi connectivity index (χ1v) is 10.9. The Labute approximate surface area is 180 Å². The molecule has 1 saturated heterocycles. The van der Waals surface area contributed by atoms with Crippen LogP contribution in [-0.2, 0) is 11.2 Å². The first kappa shape index (κ1) is 19.6. The van der Waals surface area contributed by atoms with Crippen LogP contribution in [0.3, 0.4) is 0 Å². The van der Waals surface area contributed by atoms with Gasteiger partial charge < -0.3 is 19.4 Å². The molecule has 0 aliphatic carbocycles. The van der Waals surface area contributed by atoms with Gasteiger partial charge in [-0.2, -0.15) is 0 Å². The first-order chi connectivity index (χ1) is 15.2. The summed E-state index contributed by atoms with van der Waals surface area (Å²) in [4.78, 5) is 34.6. The molecule has 2 aliphatic heterocycles. The van der Waals surface area contributed by atoms with Gasteiger partial charge in [0.15, 0.2) is 11.5 Å². The molecule has 0 saturated carbocycles. The molecule has 0 spiro atoms. The monoisotopic (exact) mass is 419 g/mol. The number of H-pyrrole nitrogens is 1. The number of likely N-dealkylation sites (tertiary alicyclic amines) is 1. The molecule has 1 amide bonds. The van der Waals surface area contributed by atoms with E-state index in [-0.39, 0.29) is 17.5 Å². The van der Waals surface area contributed by atoms with Crippen LogP contribution in [0.15, 0.2) is 47.3 Å². The van der Waals surface area contributed by atoms with E-state index in [0.29, 0.717) is 42.8 Å². The van der Waals surface area contributed by atoms with Gasteiger partial charge in [0.1, 0.15) is 5.82 Å². The predicted octanol–water partition coefficient (Wildman–Crippen LogP) is 3.38. The van der Waals surface area contributed by atoms with Crippen LogP contribution in [0.2, 0.25) is 0 Å². The van der Waals surface area contributed by atoms with Gasteiger partial charge in [0, 0.05) is 25.8 Å². The van der Waals surface area contributed by atoms with Gasteiger partial charge in [0.05, 0.1) is 30.2 Å². The number of rotatable bonds is 4. The Morgan fingerprint density at radius 3 is 2.84 bits per heavy atom. The topological polar surface area (TPSA) is 84.5 Å². The maximum Gasteiger partial charge on any atom is 0.258 e. The fraction of sp³-hybridized carbons (Fsp3) is 0.375. The van der Waals surface area contributed by atoms with Crippen LogP contribution in [0.5, 0.6) is 11.5 Å². The number of nitrogens with one attached hydrogen (secondary N) is 1. The van der Waals surface area contributed by atoms with Gasteiger partial charge >= 0.3 is 0 Å². The summed E-state index contributed by atoms with van der Waals surface area (Å²) in [6.45, 7) is 2.03. The van der Waals surface area contributed by atoms with E-state index < -0.39 is 0 Å². The van der Waals surface area contributed by atoms with Crippen molar-refractivity contribution >= 4 is 16.8 Å². The second kappa shape index (κ2) is 8.41. The van der Waals surface area contributed by atoms with Gasteiger partial charge in [-0.25, -0.2) is 4.98 Å². The Kier molecular flexibility index (Phi) is 5.32. The molecule has 5 rings (SSSR count). The summed E-state index contributed by atoms with van der Waals surface area (Å²) in [6, 6.07) is 13.3. The average molecular weight is 419 g/mol. The highest BCUT2D eigenvalue weighted by Crippen LogP contribution is 2.38. The lowest BCUT2D eigenvalue weighted by Crippen LogP contribution is -2.31. The van der Waals surface area contributed by atoms with Crippen LogP contribution in [0.1, 0.15) is 43.1 Å². The normalized spacial score (nSPS) is 18.2. The lowest BCUT2D eigenvalue weighted by Gasteiger charge is -2.25. The Hall–Kier alpha value is -3.35. The molecule has 0 radical (unpaired) electrons. The van der Waals surface area contributed by atoms with Crippen molar-refractivity contribution in [2.24, 2.45) is 0 Å². The average Bonchev–Trinajstić information content (AvgIpc) is 3.16. The van der Waals surface area contributed by atoms with Crippen molar-refractivity contribution in [1.29, 1.82) is 0 Å². The lowest BCUT2D eigenvalue weighted by atomic mass is 10.0. The molecule has 160 valence electrons. The highest BCUT2D eigenvalue weighted by molar-refractivity contribution is 5.78. The second-order valence-electron chi connectivity index (χ2n) is 8.03. The third-order valence-electron chi connectivity index (χ3n) is 5.97. The summed E-state index contributed by atoms with van der Waals surface area (Å²) in [7, 11) is 0. The molecule has 1 unspecified atom stereocenters. The lowest BCUT2D eigenvalue weighted by molar-refractivity contribution is -0.132. The smallest absolute Gasteiger partial charge is 0.258 e. The van der Waals surface area contributed by atoms with E-state index >= 15 is 0 Å². The summed E-state index contributed by atoms with van der Waals surface area (Å²) in [6.07, 6.45) is 3.47. The van der Waals surface area contributed by atoms with Crippen LogP contribution in [0.25, 0.3) is 10.9 Å². The van der Waals surface area contributed by atoms with Crippen LogP contribution in [0.4, 0.5) is 0 Å². The van der Waals surface area contributed by atoms with Gasteiger partial charge in [-0.15, -0.1) is 0 Å². The molecule has 2 aromatic carbocycles. The number of hydrogen-bond donors (Lipinski definition) is 1. The number of hydrogen-bond acceptors (Lipinski definition) is 5.